The molecule has 5 nitrogen and oxygen atoms in total. The van der Waals surface area contributed by atoms with Crippen molar-refractivity contribution >= 4 is 16.8 Å². The molecule has 126 valence electrons. The molecule has 3 rings (SSSR count). The van der Waals surface area contributed by atoms with Gasteiger partial charge in [-0.1, -0.05) is 32.0 Å². The molecule has 0 radical (unpaired) electrons. The van der Waals surface area contributed by atoms with Crippen LogP contribution in [0.4, 0.5) is 4.79 Å². The Labute approximate surface area is 139 Å². The van der Waals surface area contributed by atoms with Gasteiger partial charge in [0.05, 0.1) is 16.9 Å². The average molecular weight is 336 g/mol. The van der Waals surface area contributed by atoms with Crippen LogP contribution in [0, 0.1) is 11.3 Å². The number of hydrogen-bond acceptors (Lipinski definition) is 3. The monoisotopic (exact) mass is 336 g/mol. The number of carbonyl (C=O) groups excluding carboxylic acids is 1. The molecule has 1 aromatic rings. The number of fused-ring (bicyclic) bond motifs is 1. The lowest BCUT2D eigenvalue weighted by atomic mass is 9.57. The third-order valence-electron chi connectivity index (χ3n) is 4.97. The quantitative estimate of drug-likeness (QED) is 0.863. The molecule has 4 atom stereocenters. The molecule has 23 heavy (non-hydrogen) atoms. The van der Waals surface area contributed by atoms with Crippen molar-refractivity contribution in [1.29, 1.82) is 0 Å². The van der Waals surface area contributed by atoms with Gasteiger partial charge in [0.15, 0.2) is 0 Å². The highest BCUT2D eigenvalue weighted by Gasteiger charge is 2.59. The molecule has 2 N–H and O–H groups in total. The van der Waals surface area contributed by atoms with E-state index in [2.05, 4.69) is 24.5 Å². The zero-order chi connectivity index (χ0) is 16.4. The first-order valence-electron chi connectivity index (χ1n) is 8.09. The second-order valence-corrected chi connectivity index (χ2v) is 8.38. The summed E-state index contributed by atoms with van der Waals surface area (Å²) >= 11 is 0. The smallest absolute Gasteiger partial charge is 0.315 e. The third-order valence-corrected chi connectivity index (χ3v) is 6.34. The van der Waals surface area contributed by atoms with E-state index in [1.165, 1.54) is 0 Å². The van der Waals surface area contributed by atoms with E-state index in [1.54, 1.807) is 0 Å². The molecule has 6 heteroatoms. The Morgan fingerprint density at radius 1 is 1.35 bits per heavy atom. The van der Waals surface area contributed by atoms with Gasteiger partial charge in [0.1, 0.15) is 0 Å². The van der Waals surface area contributed by atoms with Gasteiger partial charge in [-0.15, -0.1) is 0 Å². The Kier molecular flexibility index (Phi) is 4.73. The first-order valence-corrected chi connectivity index (χ1v) is 9.41. The van der Waals surface area contributed by atoms with E-state index in [0.717, 1.165) is 17.9 Å². The highest BCUT2D eigenvalue weighted by atomic mass is 32.2. The normalized spacial score (nSPS) is 29.2. The standard InChI is InChI=1S/C17H24N2O3S/c1-17(2)14(13-8-10-22-15(13)17)19-16(20)18-9-11-23(21)12-6-4-3-5-7-12/h3-7,13-15H,8-11H2,1-2H3,(H2,18,19,20)/t13-,14+,15+,23-/m0/s1. The van der Waals surface area contributed by atoms with Gasteiger partial charge in [0.25, 0.3) is 0 Å². The number of amides is 2. The number of nitrogens with one attached hydrogen (secondary N) is 2. The van der Waals surface area contributed by atoms with Crippen molar-refractivity contribution in [1.82, 2.24) is 10.6 Å². The minimum Gasteiger partial charge on any atom is -0.377 e. The Morgan fingerprint density at radius 3 is 2.83 bits per heavy atom. The zero-order valence-corrected chi connectivity index (χ0v) is 14.4. The molecule has 0 spiro atoms. The number of carbonyl (C=O) groups is 1. The van der Waals surface area contributed by atoms with Gasteiger partial charge >= 0.3 is 6.03 Å². The van der Waals surface area contributed by atoms with E-state index in [4.69, 9.17) is 4.74 Å². The number of urea groups is 1. The minimum atomic E-state index is -1.08. The molecule has 0 aromatic heterocycles. The number of ether oxygens (including phenoxy) is 1. The molecule has 1 saturated carbocycles. The summed E-state index contributed by atoms with van der Waals surface area (Å²) < 4.78 is 17.8. The lowest BCUT2D eigenvalue weighted by molar-refractivity contribution is -0.108. The van der Waals surface area contributed by atoms with Crippen molar-refractivity contribution in [3.05, 3.63) is 30.3 Å². The van der Waals surface area contributed by atoms with Crippen molar-refractivity contribution in [2.24, 2.45) is 11.3 Å². The molecule has 1 aliphatic carbocycles. The van der Waals surface area contributed by atoms with Crippen LogP contribution in [-0.4, -0.2) is 41.3 Å². The molecule has 1 aliphatic heterocycles. The molecule has 0 bridgehead atoms. The van der Waals surface area contributed by atoms with E-state index in [-0.39, 0.29) is 23.6 Å². The summed E-state index contributed by atoms with van der Waals surface area (Å²) in [6.07, 6.45) is 1.27. The summed E-state index contributed by atoms with van der Waals surface area (Å²) in [5.74, 6) is 0.843. The van der Waals surface area contributed by atoms with Crippen LogP contribution in [0.3, 0.4) is 0 Å². The van der Waals surface area contributed by atoms with E-state index in [0.29, 0.717) is 18.2 Å². The van der Waals surface area contributed by atoms with Crippen molar-refractivity contribution in [2.45, 2.75) is 37.3 Å². The summed E-state index contributed by atoms with van der Waals surface area (Å²) in [5.41, 5.74) is -0.0225. The summed E-state index contributed by atoms with van der Waals surface area (Å²) in [5, 5.41) is 5.88. The molecular formula is C17H24N2O3S. The first-order chi connectivity index (χ1) is 11.0. The average Bonchev–Trinajstić information content (AvgIpc) is 3.00. The van der Waals surface area contributed by atoms with E-state index < -0.39 is 10.8 Å². The van der Waals surface area contributed by atoms with E-state index in [9.17, 15) is 9.00 Å². The fourth-order valence-electron chi connectivity index (χ4n) is 3.76. The maximum atomic E-state index is 12.1. The van der Waals surface area contributed by atoms with Crippen molar-refractivity contribution in [3.8, 4) is 0 Å². The lowest BCUT2D eigenvalue weighted by Crippen LogP contribution is -2.67. The van der Waals surface area contributed by atoms with Crippen molar-refractivity contribution < 1.29 is 13.7 Å². The van der Waals surface area contributed by atoms with Gasteiger partial charge in [-0.2, -0.15) is 0 Å². The van der Waals surface area contributed by atoms with Gasteiger partial charge < -0.3 is 15.4 Å². The molecule has 0 unspecified atom stereocenters. The van der Waals surface area contributed by atoms with Crippen molar-refractivity contribution in [2.75, 3.05) is 18.9 Å². The summed E-state index contributed by atoms with van der Waals surface area (Å²) in [7, 11) is -1.08. The van der Waals surface area contributed by atoms with Gasteiger partial charge in [-0.25, -0.2) is 4.79 Å². The van der Waals surface area contributed by atoms with Crippen LogP contribution in [0.5, 0.6) is 0 Å². The number of benzene rings is 1. The maximum absolute atomic E-state index is 12.1. The maximum Gasteiger partial charge on any atom is 0.315 e. The predicted octanol–water partition coefficient (Wildman–Crippen LogP) is 1.91. The molecule has 2 aliphatic rings. The molecule has 2 amide bonds. The summed E-state index contributed by atoms with van der Waals surface area (Å²) in [4.78, 5) is 12.9. The Bertz CT molecular complexity index is 591. The lowest BCUT2D eigenvalue weighted by Gasteiger charge is -2.54. The van der Waals surface area contributed by atoms with Crippen LogP contribution < -0.4 is 10.6 Å². The Balaban J connectivity index is 1.43. The van der Waals surface area contributed by atoms with Crippen LogP contribution in [0.1, 0.15) is 20.3 Å². The highest BCUT2D eigenvalue weighted by molar-refractivity contribution is 7.85. The summed E-state index contributed by atoms with van der Waals surface area (Å²) in [6.45, 7) is 5.45. The third kappa shape index (κ3) is 3.28. The van der Waals surface area contributed by atoms with Crippen LogP contribution in [0.25, 0.3) is 0 Å². The number of rotatable bonds is 5. The van der Waals surface area contributed by atoms with Gasteiger partial charge in [-0.3, -0.25) is 4.21 Å². The number of hydrogen-bond donors (Lipinski definition) is 2. The second-order valence-electron chi connectivity index (χ2n) is 6.81. The van der Waals surface area contributed by atoms with Crippen molar-refractivity contribution in [3.63, 3.8) is 0 Å². The fourth-order valence-corrected chi connectivity index (χ4v) is 4.74. The van der Waals surface area contributed by atoms with Crippen LogP contribution in [0.15, 0.2) is 35.2 Å². The highest BCUT2D eigenvalue weighted by Crippen LogP contribution is 2.51. The fraction of sp³-hybridized carbons (Fsp3) is 0.588. The minimum absolute atomic E-state index is 0.0225. The van der Waals surface area contributed by atoms with E-state index in [1.807, 2.05) is 30.3 Å². The Morgan fingerprint density at radius 2 is 2.09 bits per heavy atom. The second kappa shape index (κ2) is 6.61. The molecule has 1 aromatic carbocycles. The van der Waals surface area contributed by atoms with E-state index >= 15 is 0 Å². The van der Waals surface area contributed by atoms with Crippen LogP contribution in [-0.2, 0) is 15.5 Å². The zero-order valence-electron chi connectivity index (χ0n) is 13.6. The van der Waals surface area contributed by atoms with Gasteiger partial charge in [0.2, 0.25) is 0 Å². The van der Waals surface area contributed by atoms with Crippen LogP contribution >= 0.6 is 0 Å². The van der Waals surface area contributed by atoms with Gasteiger partial charge in [0, 0.05) is 41.2 Å². The topological polar surface area (TPSA) is 67.4 Å². The summed E-state index contributed by atoms with van der Waals surface area (Å²) in [6, 6.07) is 9.28. The molecule has 2 fully saturated rings. The molecule has 1 heterocycles. The largest absolute Gasteiger partial charge is 0.377 e. The molecule has 1 saturated heterocycles. The van der Waals surface area contributed by atoms with Gasteiger partial charge in [-0.05, 0) is 18.6 Å². The predicted molar refractivity (Wildman–Crippen MR) is 89.7 cm³/mol. The molecular weight excluding hydrogens is 312 g/mol. The Hall–Kier alpha value is -1.40. The van der Waals surface area contributed by atoms with Crippen LogP contribution in [0.2, 0.25) is 0 Å². The SMILES string of the molecule is CC1(C)[C@H](NC(=O)NCC[S@](=O)c2ccccc2)[C@@H]2CCO[C@H]21. The first kappa shape index (κ1) is 16.5.